The van der Waals surface area contributed by atoms with Crippen molar-refractivity contribution in [2.45, 2.75) is 13.0 Å². The van der Waals surface area contributed by atoms with Gasteiger partial charge in [-0.05, 0) is 30.7 Å². The molecule has 0 fully saturated rings. The molecule has 38 heavy (non-hydrogen) atoms. The normalized spacial score (nSPS) is 11.6. The third-order valence-electron chi connectivity index (χ3n) is 6.37. The lowest BCUT2D eigenvalue weighted by Crippen LogP contribution is -2.29. The lowest BCUT2D eigenvalue weighted by molar-refractivity contribution is 0.0819. The first-order chi connectivity index (χ1) is 18.2. The number of nitrogens with zero attached hydrogens (tertiary/aromatic N) is 5. The third kappa shape index (κ3) is 4.25. The second kappa shape index (κ2) is 9.66. The van der Waals surface area contributed by atoms with E-state index in [1.165, 1.54) is 16.0 Å². The maximum Gasteiger partial charge on any atom is 0.258 e. The molecule has 3 heterocycles. The number of ether oxygens (including phenoxy) is 1. The van der Waals surface area contributed by atoms with Gasteiger partial charge >= 0.3 is 0 Å². The van der Waals surface area contributed by atoms with Crippen molar-refractivity contribution in [1.29, 1.82) is 0 Å². The Morgan fingerprint density at radius 2 is 1.87 bits per heavy atom. The van der Waals surface area contributed by atoms with E-state index in [9.17, 15) is 14.4 Å². The van der Waals surface area contributed by atoms with Gasteiger partial charge in [0.1, 0.15) is 16.8 Å². The highest BCUT2D eigenvalue weighted by Gasteiger charge is 2.29. The van der Waals surface area contributed by atoms with Crippen molar-refractivity contribution in [3.8, 4) is 17.2 Å². The van der Waals surface area contributed by atoms with Gasteiger partial charge in [-0.2, -0.15) is 0 Å². The minimum atomic E-state index is -0.683. The molecule has 0 radical (unpaired) electrons. The van der Waals surface area contributed by atoms with Crippen LogP contribution in [0.15, 0.2) is 54.0 Å². The van der Waals surface area contributed by atoms with Gasteiger partial charge in [0.15, 0.2) is 17.3 Å². The van der Waals surface area contributed by atoms with E-state index in [0.717, 1.165) is 6.07 Å². The molecule has 0 saturated carbocycles. The van der Waals surface area contributed by atoms with Gasteiger partial charge < -0.3 is 29.0 Å². The van der Waals surface area contributed by atoms with E-state index >= 15 is 4.39 Å². The summed E-state index contributed by atoms with van der Waals surface area (Å²) < 4.78 is 25.3. The standard InChI is InChI=1S/C27H27FN6O4/c1-31(2)26(36)16-6-7-20-21(12-16)38-25-22(30-8-5-10-33-11-9-29-15-33)19(28)13-17-23(25)34(20)14-18(24(17)35)27(37)32(3)4/h6-7,9,11-15,30H,5,8,10H2,1-4H3. The number of anilines is 1. The molecule has 1 aliphatic heterocycles. The number of aryl methyl sites for hydroxylation is 1. The summed E-state index contributed by atoms with van der Waals surface area (Å²) >= 11 is 0. The number of aromatic nitrogens is 3. The van der Waals surface area contributed by atoms with Crippen LogP contribution < -0.4 is 15.5 Å². The number of carbonyl (C=O) groups excluding carboxylic acids is 2. The number of imidazole rings is 1. The van der Waals surface area contributed by atoms with Gasteiger partial charge in [-0.3, -0.25) is 14.4 Å². The van der Waals surface area contributed by atoms with Crippen molar-refractivity contribution in [2.24, 2.45) is 0 Å². The molecule has 1 aliphatic rings. The molecule has 10 nitrogen and oxygen atoms in total. The maximum absolute atomic E-state index is 15.5. The molecule has 11 heteroatoms. The summed E-state index contributed by atoms with van der Waals surface area (Å²) in [5.74, 6) is -1.00. The fourth-order valence-corrected chi connectivity index (χ4v) is 4.46. The van der Waals surface area contributed by atoms with Gasteiger partial charge in [0.25, 0.3) is 11.8 Å². The van der Waals surface area contributed by atoms with Gasteiger partial charge in [-0.1, -0.05) is 0 Å². The van der Waals surface area contributed by atoms with Crippen LogP contribution in [-0.2, 0) is 6.54 Å². The van der Waals surface area contributed by atoms with Crippen molar-refractivity contribution < 1.29 is 18.7 Å². The lowest BCUT2D eigenvalue weighted by Gasteiger charge is -2.27. The molecule has 4 aromatic rings. The molecule has 196 valence electrons. The van der Waals surface area contributed by atoms with Gasteiger partial charge in [-0.25, -0.2) is 9.37 Å². The topological polar surface area (TPSA) is 102 Å². The summed E-state index contributed by atoms with van der Waals surface area (Å²) in [4.78, 5) is 45.6. The van der Waals surface area contributed by atoms with Gasteiger partial charge in [-0.15, -0.1) is 0 Å². The van der Waals surface area contributed by atoms with Crippen LogP contribution in [0.25, 0.3) is 16.6 Å². The average molecular weight is 519 g/mol. The number of carbonyl (C=O) groups is 2. The average Bonchev–Trinajstić information content (AvgIpc) is 3.41. The Balaban J connectivity index is 1.66. The number of rotatable bonds is 7. The molecule has 2 aromatic heterocycles. The number of fused-ring (bicyclic) bond motifs is 2. The van der Waals surface area contributed by atoms with Crippen molar-refractivity contribution >= 4 is 28.4 Å². The Labute approximate surface area is 217 Å². The monoisotopic (exact) mass is 518 g/mol. The minimum absolute atomic E-state index is 0.0215. The molecule has 5 rings (SSSR count). The van der Waals surface area contributed by atoms with Crippen LogP contribution in [0.3, 0.4) is 0 Å². The summed E-state index contributed by atoms with van der Waals surface area (Å²) in [6, 6.07) is 6.04. The zero-order chi connectivity index (χ0) is 27.1. The molecule has 2 aromatic carbocycles. The maximum atomic E-state index is 15.5. The quantitative estimate of drug-likeness (QED) is 0.332. The van der Waals surface area contributed by atoms with Crippen molar-refractivity contribution in [3.63, 3.8) is 0 Å². The van der Waals surface area contributed by atoms with E-state index in [1.807, 2.05) is 10.8 Å². The summed E-state index contributed by atoms with van der Waals surface area (Å²) in [7, 11) is 6.37. The fraction of sp³-hybridized carbons (Fsp3) is 0.259. The van der Waals surface area contributed by atoms with Crippen LogP contribution in [0.2, 0.25) is 0 Å². The molecular weight excluding hydrogens is 491 g/mol. The van der Waals surface area contributed by atoms with Crippen LogP contribution in [0.5, 0.6) is 11.5 Å². The van der Waals surface area contributed by atoms with Crippen LogP contribution in [0.1, 0.15) is 27.1 Å². The van der Waals surface area contributed by atoms with E-state index in [2.05, 4.69) is 10.3 Å². The van der Waals surface area contributed by atoms with Crippen molar-refractivity contribution in [1.82, 2.24) is 23.9 Å². The smallest absolute Gasteiger partial charge is 0.258 e. The number of hydrogen-bond acceptors (Lipinski definition) is 6. The van der Waals surface area contributed by atoms with Gasteiger partial charge in [0.2, 0.25) is 5.43 Å². The van der Waals surface area contributed by atoms with E-state index in [0.29, 0.717) is 42.0 Å². The van der Waals surface area contributed by atoms with E-state index < -0.39 is 17.2 Å². The first-order valence-electron chi connectivity index (χ1n) is 12.0. The van der Waals surface area contributed by atoms with Gasteiger partial charge in [0.05, 0.1) is 17.4 Å². The molecule has 0 atom stereocenters. The number of nitrogens with one attached hydrogen (secondary N) is 1. The summed E-state index contributed by atoms with van der Waals surface area (Å²) in [6.07, 6.45) is 7.37. The van der Waals surface area contributed by atoms with Crippen molar-refractivity contribution in [2.75, 3.05) is 40.1 Å². The van der Waals surface area contributed by atoms with Crippen LogP contribution in [0, 0.1) is 5.82 Å². The highest BCUT2D eigenvalue weighted by molar-refractivity contribution is 6.01. The number of benzene rings is 2. The van der Waals surface area contributed by atoms with E-state index in [1.54, 1.807) is 63.5 Å². The second-order valence-corrected chi connectivity index (χ2v) is 9.47. The number of hydrogen-bond donors (Lipinski definition) is 1. The molecule has 0 unspecified atom stereocenters. The Bertz CT molecular complexity index is 1630. The van der Waals surface area contributed by atoms with Crippen LogP contribution >= 0.6 is 0 Å². The van der Waals surface area contributed by atoms with Crippen LogP contribution in [0.4, 0.5) is 10.1 Å². The predicted molar refractivity (Wildman–Crippen MR) is 141 cm³/mol. The largest absolute Gasteiger partial charge is 0.451 e. The van der Waals surface area contributed by atoms with Crippen LogP contribution in [-0.4, -0.2) is 70.5 Å². The fourth-order valence-electron chi connectivity index (χ4n) is 4.46. The predicted octanol–water partition coefficient (Wildman–Crippen LogP) is 3.34. The Hall–Kier alpha value is -4.67. The Kier molecular flexibility index (Phi) is 6.35. The molecule has 2 amide bonds. The summed E-state index contributed by atoms with van der Waals surface area (Å²) in [5.41, 5.74) is 0.637. The number of pyridine rings is 1. The molecule has 0 spiro atoms. The second-order valence-electron chi connectivity index (χ2n) is 9.47. The number of amides is 2. The van der Waals surface area contributed by atoms with E-state index in [-0.39, 0.29) is 28.3 Å². The molecular formula is C27H27FN6O4. The first-order valence-corrected chi connectivity index (χ1v) is 12.0. The highest BCUT2D eigenvalue weighted by atomic mass is 19.1. The summed E-state index contributed by atoms with van der Waals surface area (Å²) in [5, 5.41) is 3.13. The summed E-state index contributed by atoms with van der Waals surface area (Å²) in [6.45, 7) is 1.10. The number of halogens is 1. The first kappa shape index (κ1) is 25.0. The zero-order valence-electron chi connectivity index (χ0n) is 21.5. The molecule has 1 N–H and O–H groups in total. The van der Waals surface area contributed by atoms with E-state index in [4.69, 9.17) is 4.74 Å². The Morgan fingerprint density at radius 3 is 2.55 bits per heavy atom. The SMILES string of the molecule is CN(C)C(=O)c1ccc2c(c1)Oc1c(NCCCn3ccnc3)c(F)cc3c(=O)c(C(=O)N(C)C)cn-2c13. The molecule has 0 aliphatic carbocycles. The van der Waals surface area contributed by atoms with Crippen molar-refractivity contribution in [3.05, 3.63) is 76.4 Å². The zero-order valence-corrected chi connectivity index (χ0v) is 21.5. The highest BCUT2D eigenvalue weighted by Crippen LogP contribution is 2.45. The van der Waals surface area contributed by atoms with Gasteiger partial charge in [0, 0.05) is 65.4 Å². The molecule has 0 saturated heterocycles. The third-order valence-corrected chi connectivity index (χ3v) is 6.37. The Morgan fingerprint density at radius 1 is 1.11 bits per heavy atom. The minimum Gasteiger partial charge on any atom is -0.451 e. The molecule has 0 bridgehead atoms. The lowest BCUT2D eigenvalue weighted by atomic mass is 10.0.